The van der Waals surface area contributed by atoms with E-state index in [1.165, 1.54) is 32.1 Å². The first kappa shape index (κ1) is 14.1. The van der Waals surface area contributed by atoms with Crippen LogP contribution in [-0.2, 0) is 4.74 Å². The first-order valence-corrected chi connectivity index (χ1v) is 7.95. The van der Waals surface area contributed by atoms with Crippen molar-refractivity contribution < 1.29 is 9.53 Å². The summed E-state index contributed by atoms with van der Waals surface area (Å²) in [6.07, 6.45) is 8.25. The van der Waals surface area contributed by atoms with Gasteiger partial charge in [-0.25, -0.2) is 4.79 Å². The van der Waals surface area contributed by atoms with Crippen LogP contribution in [0.4, 0.5) is 0 Å². The summed E-state index contributed by atoms with van der Waals surface area (Å²) in [6.45, 7) is 0. The summed E-state index contributed by atoms with van der Waals surface area (Å²) in [5.41, 5.74) is 0.538. The Morgan fingerprint density at radius 2 is 1.67 bits per heavy atom. The lowest BCUT2D eigenvalue weighted by atomic mass is 9.98. The van der Waals surface area contributed by atoms with Crippen LogP contribution >= 0.6 is 0 Å². The van der Waals surface area contributed by atoms with Gasteiger partial charge in [-0.1, -0.05) is 49.6 Å². The molecule has 2 aromatic carbocycles. The van der Waals surface area contributed by atoms with Gasteiger partial charge in [0.25, 0.3) is 0 Å². The number of rotatable bonds is 2. The molecular formula is C19H21O2. The second kappa shape index (κ2) is 6.75. The highest BCUT2D eigenvalue weighted by molar-refractivity contribution is 5.94. The number of benzene rings is 2. The van der Waals surface area contributed by atoms with Crippen LogP contribution in [0.15, 0.2) is 36.4 Å². The molecule has 0 aliphatic heterocycles. The zero-order valence-electron chi connectivity index (χ0n) is 12.3. The number of ether oxygens (including phenoxy) is 1. The predicted molar refractivity (Wildman–Crippen MR) is 84.3 cm³/mol. The van der Waals surface area contributed by atoms with Gasteiger partial charge >= 0.3 is 5.97 Å². The third-order valence-corrected chi connectivity index (χ3v) is 4.21. The van der Waals surface area contributed by atoms with Crippen molar-refractivity contribution in [3.05, 3.63) is 48.0 Å². The van der Waals surface area contributed by atoms with Gasteiger partial charge in [0, 0.05) is 6.07 Å². The highest BCUT2D eigenvalue weighted by Crippen LogP contribution is 2.21. The topological polar surface area (TPSA) is 26.3 Å². The largest absolute Gasteiger partial charge is 0.459 e. The number of hydrogen-bond donors (Lipinski definition) is 0. The monoisotopic (exact) mass is 281 g/mol. The Hall–Kier alpha value is -1.83. The Morgan fingerprint density at radius 1 is 0.952 bits per heavy atom. The molecular weight excluding hydrogens is 260 g/mol. The molecule has 0 aromatic heterocycles. The molecule has 0 unspecified atom stereocenters. The van der Waals surface area contributed by atoms with E-state index in [9.17, 15) is 4.79 Å². The Bertz CT molecular complexity index is 610. The van der Waals surface area contributed by atoms with Crippen LogP contribution in [-0.4, -0.2) is 12.1 Å². The molecule has 1 fully saturated rings. The van der Waals surface area contributed by atoms with Crippen molar-refractivity contribution in [1.29, 1.82) is 0 Å². The molecule has 2 heteroatoms. The van der Waals surface area contributed by atoms with E-state index >= 15 is 0 Å². The minimum atomic E-state index is -0.230. The molecule has 3 rings (SSSR count). The summed E-state index contributed by atoms with van der Waals surface area (Å²) in [5, 5.41) is 2.06. The van der Waals surface area contributed by atoms with Gasteiger partial charge < -0.3 is 4.74 Å². The third-order valence-electron chi connectivity index (χ3n) is 4.21. The van der Waals surface area contributed by atoms with Crippen molar-refractivity contribution >= 4 is 16.7 Å². The summed E-state index contributed by atoms with van der Waals surface area (Å²) >= 11 is 0. The lowest BCUT2D eigenvalue weighted by Crippen LogP contribution is -2.19. The molecule has 0 spiro atoms. The maximum absolute atomic E-state index is 12.3. The number of fused-ring (bicyclic) bond motifs is 1. The summed E-state index contributed by atoms with van der Waals surface area (Å²) < 4.78 is 5.69. The van der Waals surface area contributed by atoms with Crippen LogP contribution in [0, 0.1) is 6.07 Å². The van der Waals surface area contributed by atoms with E-state index in [0.29, 0.717) is 5.56 Å². The fourth-order valence-corrected chi connectivity index (χ4v) is 2.99. The van der Waals surface area contributed by atoms with Crippen molar-refractivity contribution in [2.45, 2.75) is 51.0 Å². The first-order valence-electron chi connectivity index (χ1n) is 7.95. The van der Waals surface area contributed by atoms with Crippen LogP contribution < -0.4 is 0 Å². The molecule has 0 bridgehead atoms. The van der Waals surface area contributed by atoms with Gasteiger partial charge in [-0.15, -0.1) is 0 Å². The van der Waals surface area contributed by atoms with Gasteiger partial charge in [0.1, 0.15) is 6.10 Å². The number of carbonyl (C=O) groups excluding carboxylic acids is 1. The maximum Gasteiger partial charge on any atom is 0.339 e. The van der Waals surface area contributed by atoms with E-state index in [4.69, 9.17) is 4.74 Å². The molecule has 2 aromatic rings. The lowest BCUT2D eigenvalue weighted by Gasteiger charge is -2.20. The van der Waals surface area contributed by atoms with Crippen LogP contribution in [0.25, 0.3) is 10.8 Å². The molecule has 1 saturated carbocycles. The average molecular weight is 281 g/mol. The van der Waals surface area contributed by atoms with Crippen LogP contribution in [0.2, 0.25) is 0 Å². The van der Waals surface area contributed by atoms with E-state index in [-0.39, 0.29) is 12.1 Å². The molecule has 1 aliphatic carbocycles. The molecule has 1 aliphatic rings. The number of esters is 1. The minimum Gasteiger partial charge on any atom is -0.459 e. The second-order valence-corrected chi connectivity index (χ2v) is 5.83. The molecule has 0 saturated heterocycles. The van der Waals surface area contributed by atoms with Crippen molar-refractivity contribution in [1.82, 2.24) is 0 Å². The van der Waals surface area contributed by atoms with Gasteiger partial charge in [0.15, 0.2) is 0 Å². The van der Waals surface area contributed by atoms with E-state index in [2.05, 4.69) is 6.07 Å². The molecule has 0 amide bonds. The van der Waals surface area contributed by atoms with E-state index < -0.39 is 0 Å². The normalized spacial score (nSPS) is 17.1. The third kappa shape index (κ3) is 3.63. The Morgan fingerprint density at radius 3 is 2.48 bits per heavy atom. The van der Waals surface area contributed by atoms with Crippen LogP contribution in [0.3, 0.4) is 0 Å². The van der Waals surface area contributed by atoms with Crippen molar-refractivity contribution in [3.63, 3.8) is 0 Å². The first-order chi connectivity index (χ1) is 10.3. The summed E-state index contributed by atoms with van der Waals surface area (Å²) in [6, 6.07) is 14.9. The van der Waals surface area contributed by atoms with Gasteiger partial charge in [0.2, 0.25) is 0 Å². The molecule has 109 valence electrons. The zero-order valence-corrected chi connectivity index (χ0v) is 12.3. The second-order valence-electron chi connectivity index (χ2n) is 5.83. The Balaban J connectivity index is 1.70. The Kier molecular flexibility index (Phi) is 4.54. The van der Waals surface area contributed by atoms with Crippen LogP contribution in [0.5, 0.6) is 0 Å². The quantitative estimate of drug-likeness (QED) is 0.731. The fraction of sp³-hybridized carbons (Fsp3) is 0.421. The number of carbonyl (C=O) groups is 1. The minimum absolute atomic E-state index is 0.0812. The van der Waals surface area contributed by atoms with Crippen LogP contribution in [0.1, 0.15) is 55.3 Å². The highest BCUT2D eigenvalue weighted by Gasteiger charge is 2.17. The average Bonchev–Trinajstić information content (AvgIpc) is 2.49. The Labute approximate surface area is 126 Å². The van der Waals surface area contributed by atoms with Gasteiger partial charge in [-0.3, -0.25) is 0 Å². The molecule has 0 heterocycles. The van der Waals surface area contributed by atoms with Crippen molar-refractivity contribution in [2.24, 2.45) is 0 Å². The molecule has 0 N–H and O–H groups in total. The van der Waals surface area contributed by atoms with Gasteiger partial charge in [-0.2, -0.15) is 0 Å². The standard InChI is InChI=1S/C19H21O2/c20-19(21-18-10-4-2-1-3-5-11-18)17-13-12-15-8-6-7-9-16(15)14-17/h6-9,12-13,18H,1-5,10-11H2. The predicted octanol–water partition coefficient (Wildman–Crippen LogP) is 4.91. The van der Waals surface area contributed by atoms with E-state index in [0.717, 1.165) is 23.6 Å². The van der Waals surface area contributed by atoms with Crippen molar-refractivity contribution in [3.8, 4) is 0 Å². The molecule has 2 nitrogen and oxygen atoms in total. The fourth-order valence-electron chi connectivity index (χ4n) is 2.99. The zero-order chi connectivity index (χ0) is 14.5. The maximum atomic E-state index is 12.3. The molecule has 1 radical (unpaired) electrons. The SMILES string of the molecule is O=C(OC1CCCCCCC1)c1[c]c2ccccc2cc1. The summed E-state index contributed by atoms with van der Waals surface area (Å²) in [7, 11) is 0. The van der Waals surface area contributed by atoms with E-state index in [1.807, 2.05) is 36.4 Å². The van der Waals surface area contributed by atoms with E-state index in [1.54, 1.807) is 0 Å². The van der Waals surface area contributed by atoms with Gasteiger partial charge in [-0.05, 0) is 42.5 Å². The smallest absolute Gasteiger partial charge is 0.339 e. The summed E-state index contributed by atoms with van der Waals surface area (Å²) in [4.78, 5) is 12.3. The summed E-state index contributed by atoms with van der Waals surface area (Å²) in [5.74, 6) is -0.230. The number of hydrogen-bond acceptors (Lipinski definition) is 2. The molecule has 0 atom stereocenters. The van der Waals surface area contributed by atoms with Crippen molar-refractivity contribution in [2.75, 3.05) is 0 Å². The lowest BCUT2D eigenvalue weighted by molar-refractivity contribution is 0.0239. The van der Waals surface area contributed by atoms with Gasteiger partial charge in [0.05, 0.1) is 5.56 Å². The highest BCUT2D eigenvalue weighted by atomic mass is 16.5. The molecule has 21 heavy (non-hydrogen) atoms.